The minimum Gasteiger partial charge on any atom is -0.350 e. The highest BCUT2D eigenvalue weighted by Crippen LogP contribution is 2.28. The van der Waals surface area contributed by atoms with Gasteiger partial charge in [0.2, 0.25) is 11.8 Å². The predicted molar refractivity (Wildman–Crippen MR) is 73.7 cm³/mol. The maximum absolute atomic E-state index is 12.1. The summed E-state index contributed by atoms with van der Waals surface area (Å²) in [6.07, 6.45) is 2.29. The molecule has 19 heavy (non-hydrogen) atoms. The van der Waals surface area contributed by atoms with E-state index in [1.54, 1.807) is 0 Å². The molecule has 1 atom stereocenters. The van der Waals surface area contributed by atoms with Crippen molar-refractivity contribution in [2.24, 2.45) is 0 Å². The highest BCUT2D eigenvalue weighted by atomic mass is 16.2. The maximum atomic E-state index is 12.1. The van der Waals surface area contributed by atoms with Crippen molar-refractivity contribution in [2.45, 2.75) is 58.2 Å². The Bertz CT molecular complexity index is 371. The molecule has 5 heteroatoms. The summed E-state index contributed by atoms with van der Waals surface area (Å²) in [6.45, 7) is 9.70. The van der Waals surface area contributed by atoms with Crippen molar-refractivity contribution in [3.63, 3.8) is 0 Å². The molecule has 1 aliphatic carbocycles. The molecule has 2 aliphatic rings. The average Bonchev–Trinajstić information content (AvgIpc) is 3.09. The van der Waals surface area contributed by atoms with Crippen LogP contribution < -0.4 is 5.32 Å². The Labute approximate surface area is 115 Å². The minimum atomic E-state index is -0.246. The zero-order valence-electron chi connectivity index (χ0n) is 12.4. The van der Waals surface area contributed by atoms with Crippen molar-refractivity contribution in [2.75, 3.05) is 19.6 Å². The van der Waals surface area contributed by atoms with E-state index >= 15 is 0 Å². The normalized spacial score (nSPS) is 23.4. The van der Waals surface area contributed by atoms with Crippen molar-refractivity contribution in [3.05, 3.63) is 0 Å². The van der Waals surface area contributed by atoms with Gasteiger partial charge in [0.25, 0.3) is 0 Å². The lowest BCUT2D eigenvalue weighted by Crippen LogP contribution is -2.58. The van der Waals surface area contributed by atoms with Crippen LogP contribution in [0.25, 0.3) is 0 Å². The third-order valence-electron chi connectivity index (χ3n) is 3.70. The van der Waals surface area contributed by atoms with Gasteiger partial charge >= 0.3 is 0 Å². The van der Waals surface area contributed by atoms with Gasteiger partial charge in [-0.15, -0.1) is 0 Å². The Kier molecular flexibility index (Phi) is 3.85. The fourth-order valence-corrected chi connectivity index (χ4v) is 2.45. The molecule has 108 valence electrons. The van der Waals surface area contributed by atoms with Crippen molar-refractivity contribution in [1.29, 1.82) is 0 Å². The lowest BCUT2D eigenvalue weighted by Gasteiger charge is -2.37. The van der Waals surface area contributed by atoms with E-state index in [2.05, 4.69) is 5.32 Å². The molecule has 0 bridgehead atoms. The number of amides is 2. The van der Waals surface area contributed by atoms with Crippen molar-refractivity contribution in [3.8, 4) is 0 Å². The summed E-state index contributed by atoms with van der Waals surface area (Å²) in [6, 6.07) is 0.234. The molecule has 1 saturated heterocycles. The molecule has 0 radical (unpaired) electrons. The van der Waals surface area contributed by atoms with Gasteiger partial charge in [0.15, 0.2) is 0 Å². The molecule has 2 fully saturated rings. The summed E-state index contributed by atoms with van der Waals surface area (Å²) >= 11 is 0. The van der Waals surface area contributed by atoms with E-state index in [0.717, 1.165) is 25.9 Å². The van der Waals surface area contributed by atoms with Crippen LogP contribution in [0.3, 0.4) is 0 Å². The molecular weight excluding hydrogens is 242 g/mol. The molecule has 1 aliphatic heterocycles. The summed E-state index contributed by atoms with van der Waals surface area (Å²) in [7, 11) is 0. The van der Waals surface area contributed by atoms with Crippen LogP contribution >= 0.6 is 0 Å². The molecule has 5 nitrogen and oxygen atoms in total. The second kappa shape index (κ2) is 5.12. The number of nitrogens with zero attached hydrogens (tertiary/aromatic N) is 2. The van der Waals surface area contributed by atoms with Gasteiger partial charge in [0.1, 0.15) is 0 Å². The van der Waals surface area contributed by atoms with Crippen LogP contribution in [0, 0.1) is 0 Å². The zero-order chi connectivity index (χ0) is 14.2. The molecule has 2 rings (SSSR count). The van der Waals surface area contributed by atoms with Crippen LogP contribution in [0.5, 0.6) is 0 Å². The van der Waals surface area contributed by atoms with Gasteiger partial charge in [0.05, 0.1) is 12.6 Å². The maximum Gasteiger partial charge on any atom is 0.237 e. The number of carbonyl (C=O) groups excluding carboxylic acids is 2. The number of hydrogen-bond acceptors (Lipinski definition) is 3. The largest absolute Gasteiger partial charge is 0.350 e. The van der Waals surface area contributed by atoms with Gasteiger partial charge in [-0.1, -0.05) is 0 Å². The Morgan fingerprint density at radius 1 is 1.32 bits per heavy atom. The zero-order valence-corrected chi connectivity index (χ0v) is 12.4. The van der Waals surface area contributed by atoms with E-state index in [9.17, 15) is 9.59 Å². The Balaban J connectivity index is 1.88. The predicted octanol–water partition coefficient (Wildman–Crippen LogP) is 0.596. The molecule has 1 heterocycles. The fraction of sp³-hybridized carbons (Fsp3) is 0.857. The smallest absolute Gasteiger partial charge is 0.237 e. The number of nitrogens with one attached hydrogen (secondary N) is 1. The Morgan fingerprint density at radius 3 is 2.42 bits per heavy atom. The van der Waals surface area contributed by atoms with Crippen molar-refractivity contribution in [1.82, 2.24) is 15.1 Å². The standard InChI is InChI=1S/C14H25N3O2/c1-10(13(19)15-14(2,3)4)16-7-8-17(11-5-6-11)12(18)9-16/h10-11H,5-9H2,1-4H3,(H,15,19). The van der Waals surface area contributed by atoms with Gasteiger partial charge in [-0.3, -0.25) is 14.5 Å². The first kappa shape index (κ1) is 14.3. The first-order valence-electron chi connectivity index (χ1n) is 7.13. The first-order chi connectivity index (χ1) is 8.78. The lowest BCUT2D eigenvalue weighted by molar-refractivity contribution is -0.140. The number of carbonyl (C=O) groups is 2. The second-order valence-electron chi connectivity index (χ2n) is 6.70. The van der Waals surface area contributed by atoms with E-state index in [1.807, 2.05) is 37.5 Å². The summed E-state index contributed by atoms with van der Waals surface area (Å²) in [5.74, 6) is 0.171. The van der Waals surface area contributed by atoms with Crippen LogP contribution in [0.1, 0.15) is 40.5 Å². The van der Waals surface area contributed by atoms with Crippen LogP contribution in [-0.2, 0) is 9.59 Å². The Morgan fingerprint density at radius 2 is 1.95 bits per heavy atom. The average molecular weight is 267 g/mol. The summed E-state index contributed by atoms with van der Waals surface area (Å²) in [5, 5.41) is 2.97. The third kappa shape index (κ3) is 3.69. The lowest BCUT2D eigenvalue weighted by atomic mass is 10.1. The molecule has 0 aromatic rings. The van der Waals surface area contributed by atoms with Gasteiger partial charge in [-0.25, -0.2) is 0 Å². The summed E-state index contributed by atoms with van der Waals surface area (Å²) in [5.41, 5.74) is -0.231. The topological polar surface area (TPSA) is 52.7 Å². The van der Waals surface area contributed by atoms with E-state index in [-0.39, 0.29) is 23.4 Å². The molecule has 0 aromatic carbocycles. The highest BCUT2D eigenvalue weighted by Gasteiger charge is 2.37. The quantitative estimate of drug-likeness (QED) is 0.814. The summed E-state index contributed by atoms with van der Waals surface area (Å²) < 4.78 is 0. The summed E-state index contributed by atoms with van der Waals surface area (Å²) in [4.78, 5) is 28.1. The molecule has 1 N–H and O–H groups in total. The van der Waals surface area contributed by atoms with E-state index < -0.39 is 0 Å². The van der Waals surface area contributed by atoms with E-state index in [4.69, 9.17) is 0 Å². The van der Waals surface area contributed by atoms with Crippen molar-refractivity contribution >= 4 is 11.8 Å². The number of hydrogen-bond donors (Lipinski definition) is 1. The monoisotopic (exact) mass is 267 g/mol. The Hall–Kier alpha value is -1.10. The molecule has 2 amide bonds. The molecule has 0 spiro atoms. The first-order valence-corrected chi connectivity index (χ1v) is 7.13. The second-order valence-corrected chi connectivity index (χ2v) is 6.70. The molecular formula is C14H25N3O2. The van der Waals surface area contributed by atoms with Gasteiger partial charge in [-0.05, 0) is 40.5 Å². The number of rotatable bonds is 3. The van der Waals surface area contributed by atoms with Crippen LogP contribution in [0.15, 0.2) is 0 Å². The van der Waals surface area contributed by atoms with Crippen LogP contribution in [-0.4, -0.2) is 58.9 Å². The fourth-order valence-electron chi connectivity index (χ4n) is 2.45. The van der Waals surface area contributed by atoms with E-state index in [1.165, 1.54) is 0 Å². The number of piperazine rings is 1. The minimum absolute atomic E-state index is 0.000159. The van der Waals surface area contributed by atoms with Crippen LogP contribution in [0.4, 0.5) is 0 Å². The molecule has 1 unspecified atom stereocenters. The van der Waals surface area contributed by atoms with Gasteiger partial charge < -0.3 is 10.2 Å². The molecule has 0 aromatic heterocycles. The molecule has 1 saturated carbocycles. The van der Waals surface area contributed by atoms with Crippen LogP contribution in [0.2, 0.25) is 0 Å². The van der Waals surface area contributed by atoms with Gasteiger partial charge in [-0.2, -0.15) is 0 Å². The van der Waals surface area contributed by atoms with Crippen molar-refractivity contribution < 1.29 is 9.59 Å². The van der Waals surface area contributed by atoms with E-state index in [0.29, 0.717) is 12.6 Å². The van der Waals surface area contributed by atoms with Gasteiger partial charge in [0, 0.05) is 24.7 Å². The SMILES string of the molecule is CC(C(=O)NC(C)(C)C)N1CCN(C2CC2)C(=O)C1. The highest BCUT2D eigenvalue weighted by molar-refractivity contribution is 5.84. The third-order valence-corrected chi connectivity index (χ3v) is 3.70.